The van der Waals surface area contributed by atoms with Crippen LogP contribution in [0.25, 0.3) is 0 Å². The summed E-state index contributed by atoms with van der Waals surface area (Å²) in [5.74, 6) is 0.551. The van der Waals surface area contributed by atoms with Crippen molar-refractivity contribution < 1.29 is 4.79 Å². The molecule has 22 heavy (non-hydrogen) atoms. The van der Waals surface area contributed by atoms with Gasteiger partial charge in [-0.2, -0.15) is 0 Å². The van der Waals surface area contributed by atoms with Crippen molar-refractivity contribution >= 4 is 24.0 Å². The van der Waals surface area contributed by atoms with Gasteiger partial charge in [0.2, 0.25) is 0 Å². The van der Waals surface area contributed by atoms with Crippen LogP contribution in [0.2, 0.25) is 0 Å². The summed E-state index contributed by atoms with van der Waals surface area (Å²) in [6.07, 6.45) is 2.02. The highest BCUT2D eigenvalue weighted by molar-refractivity contribution is 5.96. The van der Waals surface area contributed by atoms with E-state index in [1.807, 2.05) is 25.1 Å². The average molecular weight is 317 g/mol. The Labute approximate surface area is 137 Å². The second-order valence-electron chi connectivity index (χ2n) is 5.82. The number of hydrogen-bond donors (Lipinski definition) is 2. The maximum absolute atomic E-state index is 12.3. The van der Waals surface area contributed by atoms with E-state index in [0.717, 1.165) is 18.4 Å². The summed E-state index contributed by atoms with van der Waals surface area (Å²) >= 11 is 0. The molecule has 0 heterocycles. The first-order chi connectivity index (χ1) is 10.1. The van der Waals surface area contributed by atoms with E-state index in [1.165, 1.54) is 5.56 Å². The molecule has 3 N–H and O–H groups in total. The molecule has 0 unspecified atom stereocenters. The van der Waals surface area contributed by atoms with Crippen molar-refractivity contribution in [1.82, 2.24) is 5.32 Å². The Morgan fingerprint density at radius 3 is 2.50 bits per heavy atom. The number of nitrogens with one attached hydrogen (secondary N) is 1. The van der Waals surface area contributed by atoms with Crippen molar-refractivity contribution in [2.45, 2.75) is 31.7 Å². The van der Waals surface area contributed by atoms with Gasteiger partial charge in [-0.3, -0.25) is 4.79 Å². The normalized spacial score (nSPS) is 19.7. The topological polar surface area (TPSA) is 55.1 Å². The molecule has 1 aliphatic carbocycles. The van der Waals surface area contributed by atoms with Gasteiger partial charge in [0.25, 0.3) is 5.91 Å². The molecule has 0 radical (unpaired) electrons. The average Bonchev–Trinajstić information content (AvgIpc) is 2.45. The number of anilines is 1. The van der Waals surface area contributed by atoms with Gasteiger partial charge in [-0.1, -0.05) is 36.4 Å². The summed E-state index contributed by atoms with van der Waals surface area (Å²) in [5.41, 5.74) is 9.39. The van der Waals surface area contributed by atoms with E-state index in [0.29, 0.717) is 17.2 Å². The Morgan fingerprint density at radius 2 is 1.82 bits per heavy atom. The van der Waals surface area contributed by atoms with Crippen LogP contribution in [0, 0.1) is 6.92 Å². The lowest BCUT2D eigenvalue weighted by Crippen LogP contribution is -2.43. The molecule has 0 atom stereocenters. The second kappa shape index (κ2) is 6.84. The zero-order valence-electron chi connectivity index (χ0n) is 12.6. The van der Waals surface area contributed by atoms with Crippen LogP contribution in [0.3, 0.4) is 0 Å². The van der Waals surface area contributed by atoms with Crippen LogP contribution in [0.4, 0.5) is 5.69 Å². The van der Waals surface area contributed by atoms with Gasteiger partial charge in [0.15, 0.2) is 0 Å². The summed E-state index contributed by atoms with van der Waals surface area (Å²) in [5, 5.41) is 3.11. The van der Waals surface area contributed by atoms with Gasteiger partial charge >= 0.3 is 0 Å². The van der Waals surface area contributed by atoms with Gasteiger partial charge in [-0.15, -0.1) is 12.4 Å². The molecule has 0 saturated heterocycles. The minimum atomic E-state index is -0.0173. The van der Waals surface area contributed by atoms with Crippen molar-refractivity contribution in [2.24, 2.45) is 0 Å². The highest BCUT2D eigenvalue weighted by Gasteiger charge is 2.31. The molecule has 0 aromatic heterocycles. The summed E-state index contributed by atoms with van der Waals surface area (Å²) in [4.78, 5) is 12.3. The lowest BCUT2D eigenvalue weighted by molar-refractivity contribution is 0.0908. The maximum atomic E-state index is 12.3. The first kappa shape index (κ1) is 16.4. The summed E-state index contributed by atoms with van der Waals surface area (Å²) in [6, 6.07) is 16.2. The summed E-state index contributed by atoms with van der Waals surface area (Å²) in [7, 11) is 0. The number of rotatable bonds is 3. The van der Waals surface area contributed by atoms with Crippen molar-refractivity contribution in [3.05, 3.63) is 65.2 Å². The minimum Gasteiger partial charge on any atom is -0.399 e. The molecular formula is C18H21ClN2O. The Kier molecular flexibility index (Phi) is 5.09. The van der Waals surface area contributed by atoms with Crippen molar-refractivity contribution in [1.29, 1.82) is 0 Å². The number of benzene rings is 2. The van der Waals surface area contributed by atoms with Gasteiger partial charge in [0.05, 0.1) is 0 Å². The summed E-state index contributed by atoms with van der Waals surface area (Å²) in [6.45, 7) is 1.93. The molecule has 2 aromatic rings. The standard InChI is InChI=1S/C18H20N2O.ClH/c1-12-7-8-15(19)11-17(12)18(21)20-16-9-14(10-16)13-5-3-2-4-6-13;/h2-8,11,14,16H,9-10,19H2,1H3,(H,20,21);1H. The Morgan fingerprint density at radius 1 is 1.14 bits per heavy atom. The number of amides is 1. The number of hydrogen-bond acceptors (Lipinski definition) is 2. The number of nitrogens with two attached hydrogens (primary N) is 1. The molecule has 0 aliphatic heterocycles. The first-order valence-electron chi connectivity index (χ1n) is 7.35. The van der Waals surface area contributed by atoms with Crippen molar-refractivity contribution in [3.8, 4) is 0 Å². The van der Waals surface area contributed by atoms with Gasteiger partial charge in [0.1, 0.15) is 0 Å². The molecule has 116 valence electrons. The molecule has 0 spiro atoms. The molecule has 3 nitrogen and oxygen atoms in total. The van der Waals surface area contributed by atoms with Gasteiger partial charge in [-0.05, 0) is 48.9 Å². The fourth-order valence-electron chi connectivity index (χ4n) is 2.88. The molecule has 1 fully saturated rings. The van der Waals surface area contributed by atoms with E-state index in [4.69, 9.17) is 5.73 Å². The Balaban J connectivity index is 0.00000176. The van der Waals surface area contributed by atoms with Crippen LogP contribution in [0.5, 0.6) is 0 Å². The molecule has 2 aromatic carbocycles. The molecule has 0 bridgehead atoms. The number of halogens is 1. The van der Waals surface area contributed by atoms with E-state index >= 15 is 0 Å². The van der Waals surface area contributed by atoms with Crippen LogP contribution < -0.4 is 11.1 Å². The predicted octanol–water partition coefficient (Wildman–Crippen LogP) is 3.68. The predicted molar refractivity (Wildman–Crippen MR) is 92.5 cm³/mol. The third-order valence-corrected chi connectivity index (χ3v) is 4.25. The fourth-order valence-corrected chi connectivity index (χ4v) is 2.88. The number of carbonyl (C=O) groups is 1. The highest BCUT2D eigenvalue weighted by atomic mass is 35.5. The van der Waals surface area contributed by atoms with Crippen LogP contribution in [-0.2, 0) is 0 Å². The number of nitrogen functional groups attached to an aromatic ring is 1. The van der Waals surface area contributed by atoms with E-state index in [1.54, 1.807) is 6.07 Å². The maximum Gasteiger partial charge on any atom is 0.251 e. The van der Waals surface area contributed by atoms with Crippen LogP contribution in [0.1, 0.15) is 40.2 Å². The molecular weight excluding hydrogens is 296 g/mol. The SMILES string of the molecule is Cc1ccc(N)cc1C(=O)NC1CC(c2ccccc2)C1.Cl. The van der Waals surface area contributed by atoms with E-state index in [-0.39, 0.29) is 24.4 Å². The lowest BCUT2D eigenvalue weighted by atomic mass is 9.76. The van der Waals surface area contributed by atoms with E-state index in [9.17, 15) is 4.79 Å². The quantitative estimate of drug-likeness (QED) is 0.849. The third-order valence-electron chi connectivity index (χ3n) is 4.25. The third kappa shape index (κ3) is 3.42. The molecule has 3 rings (SSSR count). The van der Waals surface area contributed by atoms with Gasteiger partial charge < -0.3 is 11.1 Å². The molecule has 1 saturated carbocycles. The smallest absolute Gasteiger partial charge is 0.251 e. The zero-order chi connectivity index (χ0) is 14.8. The largest absolute Gasteiger partial charge is 0.399 e. The van der Waals surface area contributed by atoms with E-state index < -0.39 is 0 Å². The minimum absolute atomic E-state index is 0. The number of carbonyl (C=O) groups excluding carboxylic acids is 1. The van der Waals surface area contributed by atoms with Crippen LogP contribution in [-0.4, -0.2) is 11.9 Å². The van der Waals surface area contributed by atoms with Crippen LogP contribution >= 0.6 is 12.4 Å². The monoisotopic (exact) mass is 316 g/mol. The Hall–Kier alpha value is -2.00. The molecule has 1 amide bonds. The zero-order valence-corrected chi connectivity index (χ0v) is 13.4. The molecule has 4 heteroatoms. The first-order valence-corrected chi connectivity index (χ1v) is 7.35. The lowest BCUT2D eigenvalue weighted by Gasteiger charge is -2.36. The number of aryl methyl sites for hydroxylation is 1. The van der Waals surface area contributed by atoms with Crippen LogP contribution in [0.15, 0.2) is 48.5 Å². The van der Waals surface area contributed by atoms with Crippen molar-refractivity contribution in [2.75, 3.05) is 5.73 Å². The molecule has 1 aliphatic rings. The second-order valence-corrected chi connectivity index (χ2v) is 5.82. The van der Waals surface area contributed by atoms with Gasteiger partial charge in [0, 0.05) is 17.3 Å². The highest BCUT2D eigenvalue weighted by Crippen LogP contribution is 2.36. The van der Waals surface area contributed by atoms with E-state index in [2.05, 4.69) is 29.6 Å². The Bertz CT molecular complexity index is 651. The van der Waals surface area contributed by atoms with Crippen molar-refractivity contribution in [3.63, 3.8) is 0 Å². The van der Waals surface area contributed by atoms with Gasteiger partial charge in [-0.25, -0.2) is 0 Å². The fraction of sp³-hybridized carbons (Fsp3) is 0.278. The summed E-state index contributed by atoms with van der Waals surface area (Å²) < 4.78 is 0.